The molecule has 1 unspecified atom stereocenters. The minimum Gasteiger partial charge on any atom is -0.408 e. The summed E-state index contributed by atoms with van der Waals surface area (Å²) in [5.41, 5.74) is 2.50. The van der Waals surface area contributed by atoms with Crippen molar-refractivity contribution in [3.05, 3.63) is 34.3 Å². The number of hydrogen-bond donors (Lipinski definition) is 0. The fraction of sp³-hybridized carbons (Fsp3) is 0.533. The van der Waals surface area contributed by atoms with E-state index in [9.17, 15) is 4.79 Å². The first kappa shape index (κ1) is 12.8. The molecule has 1 aliphatic carbocycles. The number of aryl methyl sites for hydroxylation is 1. The molecular formula is C15H18ClNO2. The van der Waals surface area contributed by atoms with Gasteiger partial charge in [-0.05, 0) is 30.0 Å². The molecule has 1 heterocycles. The lowest BCUT2D eigenvalue weighted by molar-refractivity contribution is 0.495. The molecule has 1 aliphatic rings. The molecule has 3 nitrogen and oxygen atoms in total. The fourth-order valence-corrected chi connectivity index (χ4v) is 3.41. The standard InChI is InChI=1S/C15H18ClNO2/c1-17-13-7-6-11(9-14(13)19-15(17)18)12(16)8-10-4-2-3-5-10/h6-7,9-10,12H,2-5,8H2,1H3. The molecule has 0 bridgehead atoms. The SMILES string of the molecule is Cn1c(=O)oc2cc(C(Cl)CC3CCCC3)ccc21. The molecule has 3 rings (SSSR count). The van der Waals surface area contributed by atoms with Gasteiger partial charge in [-0.1, -0.05) is 31.7 Å². The van der Waals surface area contributed by atoms with Crippen molar-refractivity contribution in [3.8, 4) is 0 Å². The van der Waals surface area contributed by atoms with E-state index in [1.807, 2.05) is 18.2 Å². The third kappa shape index (κ3) is 2.44. The van der Waals surface area contributed by atoms with Crippen molar-refractivity contribution in [3.63, 3.8) is 0 Å². The maximum Gasteiger partial charge on any atom is 0.419 e. The van der Waals surface area contributed by atoms with Crippen LogP contribution < -0.4 is 5.76 Å². The van der Waals surface area contributed by atoms with Gasteiger partial charge >= 0.3 is 5.76 Å². The van der Waals surface area contributed by atoms with Gasteiger partial charge in [-0.2, -0.15) is 0 Å². The van der Waals surface area contributed by atoms with Crippen LogP contribution >= 0.6 is 11.6 Å². The van der Waals surface area contributed by atoms with Gasteiger partial charge in [0.2, 0.25) is 0 Å². The average molecular weight is 280 g/mol. The van der Waals surface area contributed by atoms with Gasteiger partial charge < -0.3 is 4.42 Å². The maximum atomic E-state index is 11.5. The lowest BCUT2D eigenvalue weighted by Crippen LogP contribution is -2.08. The molecule has 0 amide bonds. The van der Waals surface area contributed by atoms with Crippen LogP contribution in [0.25, 0.3) is 11.1 Å². The smallest absolute Gasteiger partial charge is 0.408 e. The normalized spacial score (nSPS) is 18.2. The molecule has 2 aromatic rings. The average Bonchev–Trinajstić information content (AvgIpc) is 2.99. The van der Waals surface area contributed by atoms with Crippen LogP contribution in [-0.4, -0.2) is 4.57 Å². The van der Waals surface area contributed by atoms with Crippen molar-refractivity contribution in [2.45, 2.75) is 37.5 Å². The molecule has 1 fully saturated rings. The van der Waals surface area contributed by atoms with E-state index in [-0.39, 0.29) is 11.1 Å². The Hall–Kier alpha value is -1.22. The van der Waals surface area contributed by atoms with Crippen LogP contribution in [0.5, 0.6) is 0 Å². The molecule has 0 spiro atoms. The lowest BCUT2D eigenvalue weighted by atomic mass is 9.97. The van der Waals surface area contributed by atoms with Gasteiger partial charge in [0.15, 0.2) is 5.58 Å². The Morgan fingerprint density at radius 1 is 1.42 bits per heavy atom. The predicted octanol–water partition coefficient (Wildman–Crippen LogP) is 3.99. The van der Waals surface area contributed by atoms with Crippen molar-refractivity contribution in [1.29, 1.82) is 0 Å². The third-order valence-corrected chi connectivity index (χ3v) is 4.62. The van der Waals surface area contributed by atoms with E-state index < -0.39 is 0 Å². The van der Waals surface area contributed by atoms with Crippen LogP contribution in [0.15, 0.2) is 27.4 Å². The number of hydrogen-bond acceptors (Lipinski definition) is 2. The van der Waals surface area contributed by atoms with E-state index in [4.69, 9.17) is 16.0 Å². The van der Waals surface area contributed by atoms with Crippen molar-refractivity contribution in [2.24, 2.45) is 13.0 Å². The van der Waals surface area contributed by atoms with Crippen LogP contribution in [0.1, 0.15) is 43.0 Å². The van der Waals surface area contributed by atoms with Gasteiger partial charge in [-0.3, -0.25) is 4.57 Å². The van der Waals surface area contributed by atoms with Crippen molar-refractivity contribution >= 4 is 22.7 Å². The summed E-state index contributed by atoms with van der Waals surface area (Å²) in [5.74, 6) is 0.426. The molecule has 0 aliphatic heterocycles. The second-order valence-corrected chi connectivity index (χ2v) is 6.03. The van der Waals surface area contributed by atoms with Crippen LogP contribution in [-0.2, 0) is 7.05 Å². The van der Waals surface area contributed by atoms with E-state index in [2.05, 4.69) is 0 Å². The topological polar surface area (TPSA) is 35.1 Å². The lowest BCUT2D eigenvalue weighted by Gasteiger charge is -2.14. The molecule has 19 heavy (non-hydrogen) atoms. The first-order valence-electron chi connectivity index (χ1n) is 6.88. The third-order valence-electron chi connectivity index (χ3n) is 4.19. The summed E-state index contributed by atoms with van der Waals surface area (Å²) in [7, 11) is 1.71. The first-order valence-corrected chi connectivity index (χ1v) is 7.32. The minimum atomic E-state index is -0.325. The summed E-state index contributed by atoms with van der Waals surface area (Å²) in [6.07, 6.45) is 6.28. The van der Waals surface area contributed by atoms with E-state index in [0.29, 0.717) is 5.58 Å². The maximum absolute atomic E-state index is 11.5. The van der Waals surface area contributed by atoms with E-state index in [1.54, 1.807) is 7.05 Å². The second-order valence-electron chi connectivity index (χ2n) is 5.51. The zero-order valence-electron chi connectivity index (χ0n) is 11.1. The van der Waals surface area contributed by atoms with Crippen LogP contribution in [0.2, 0.25) is 0 Å². The highest BCUT2D eigenvalue weighted by molar-refractivity contribution is 6.20. The number of halogens is 1. The zero-order valence-corrected chi connectivity index (χ0v) is 11.8. The highest BCUT2D eigenvalue weighted by Gasteiger charge is 2.20. The van der Waals surface area contributed by atoms with Crippen molar-refractivity contribution in [1.82, 2.24) is 4.57 Å². The zero-order chi connectivity index (χ0) is 13.4. The summed E-state index contributed by atoms with van der Waals surface area (Å²) in [5, 5.41) is 0.0120. The Kier molecular flexibility index (Phi) is 3.40. The number of oxazole rings is 1. The molecule has 0 N–H and O–H groups in total. The number of fused-ring (bicyclic) bond motifs is 1. The van der Waals surface area contributed by atoms with Gasteiger partial charge in [0, 0.05) is 7.05 Å². The van der Waals surface area contributed by atoms with Gasteiger partial charge in [0.1, 0.15) is 0 Å². The highest BCUT2D eigenvalue weighted by atomic mass is 35.5. The molecule has 1 aromatic carbocycles. The molecule has 1 aromatic heterocycles. The number of benzene rings is 1. The van der Waals surface area contributed by atoms with Gasteiger partial charge in [-0.15, -0.1) is 11.6 Å². The first-order chi connectivity index (χ1) is 9.15. The number of nitrogens with zero attached hydrogens (tertiary/aromatic N) is 1. The summed E-state index contributed by atoms with van der Waals surface area (Å²) in [6, 6.07) is 5.83. The minimum absolute atomic E-state index is 0.0120. The van der Waals surface area contributed by atoms with Gasteiger partial charge in [0.25, 0.3) is 0 Å². The monoisotopic (exact) mass is 279 g/mol. The highest BCUT2D eigenvalue weighted by Crippen LogP contribution is 2.36. The van der Waals surface area contributed by atoms with Gasteiger partial charge in [0.05, 0.1) is 10.9 Å². The fourth-order valence-electron chi connectivity index (χ4n) is 3.02. The van der Waals surface area contributed by atoms with Gasteiger partial charge in [-0.25, -0.2) is 4.79 Å². The summed E-state index contributed by atoms with van der Waals surface area (Å²) in [4.78, 5) is 11.5. The molecule has 0 saturated heterocycles. The van der Waals surface area contributed by atoms with Crippen LogP contribution in [0.4, 0.5) is 0 Å². The quantitative estimate of drug-likeness (QED) is 0.796. The Bertz CT molecular complexity index is 637. The molecule has 0 radical (unpaired) electrons. The van der Waals surface area contributed by atoms with Crippen molar-refractivity contribution in [2.75, 3.05) is 0 Å². The predicted molar refractivity (Wildman–Crippen MR) is 76.6 cm³/mol. The van der Waals surface area contributed by atoms with Crippen LogP contribution in [0, 0.1) is 5.92 Å². The Morgan fingerprint density at radius 2 is 2.16 bits per heavy atom. The molecular weight excluding hydrogens is 262 g/mol. The number of rotatable bonds is 3. The van der Waals surface area contributed by atoms with E-state index in [1.165, 1.54) is 30.3 Å². The Labute approximate surface area is 117 Å². The summed E-state index contributed by atoms with van der Waals surface area (Å²) in [6.45, 7) is 0. The number of aromatic nitrogens is 1. The summed E-state index contributed by atoms with van der Waals surface area (Å²) < 4.78 is 6.72. The Balaban J connectivity index is 1.85. The number of alkyl halides is 1. The molecule has 1 atom stereocenters. The summed E-state index contributed by atoms with van der Waals surface area (Å²) >= 11 is 6.51. The second kappa shape index (κ2) is 5.04. The van der Waals surface area contributed by atoms with E-state index in [0.717, 1.165) is 23.4 Å². The van der Waals surface area contributed by atoms with Crippen molar-refractivity contribution < 1.29 is 4.42 Å². The molecule has 4 heteroatoms. The molecule has 1 saturated carbocycles. The Morgan fingerprint density at radius 3 is 2.89 bits per heavy atom. The largest absolute Gasteiger partial charge is 0.419 e. The van der Waals surface area contributed by atoms with E-state index >= 15 is 0 Å². The molecule has 102 valence electrons. The van der Waals surface area contributed by atoms with Crippen LogP contribution in [0.3, 0.4) is 0 Å².